The molecule has 76 valence electrons. The van der Waals surface area contributed by atoms with Crippen molar-refractivity contribution in [2.45, 2.75) is 6.92 Å². The number of hydrogen-bond donors (Lipinski definition) is 1. The molecule has 2 nitrogen and oxygen atoms in total. The van der Waals surface area contributed by atoms with Crippen LogP contribution in [0.5, 0.6) is 0 Å². The van der Waals surface area contributed by atoms with Crippen LogP contribution in [-0.4, -0.2) is 5.91 Å². The summed E-state index contributed by atoms with van der Waals surface area (Å²) in [7, 11) is 0. The van der Waals surface area contributed by atoms with Gasteiger partial charge in [-0.1, -0.05) is 18.7 Å². The standard InChI is InChI=1S/C12H10FNO/c1-7-11(8(2)14-12(7)15)9-3-5-10(13)6-4-9/h3-6H,2H2,1H3,(H,14,15). The molecule has 0 saturated heterocycles. The summed E-state index contributed by atoms with van der Waals surface area (Å²) in [5, 5.41) is 2.63. The Labute approximate surface area is 87.1 Å². The van der Waals surface area contributed by atoms with Gasteiger partial charge in [-0.15, -0.1) is 0 Å². The van der Waals surface area contributed by atoms with Gasteiger partial charge in [-0.05, 0) is 24.6 Å². The average molecular weight is 203 g/mol. The first-order valence-electron chi connectivity index (χ1n) is 4.57. The zero-order valence-electron chi connectivity index (χ0n) is 8.30. The van der Waals surface area contributed by atoms with Crippen LogP contribution in [0, 0.1) is 5.82 Å². The molecule has 1 aromatic carbocycles. The molecule has 1 heterocycles. The van der Waals surface area contributed by atoms with E-state index in [4.69, 9.17) is 0 Å². The third kappa shape index (κ3) is 1.56. The lowest BCUT2D eigenvalue weighted by molar-refractivity contribution is -0.116. The van der Waals surface area contributed by atoms with Crippen molar-refractivity contribution in [1.82, 2.24) is 5.32 Å². The second kappa shape index (κ2) is 3.35. The fourth-order valence-electron chi connectivity index (χ4n) is 1.64. The molecule has 15 heavy (non-hydrogen) atoms. The molecule has 1 aromatic rings. The quantitative estimate of drug-likeness (QED) is 0.745. The summed E-state index contributed by atoms with van der Waals surface area (Å²) in [5.74, 6) is -0.431. The van der Waals surface area contributed by atoms with Crippen molar-refractivity contribution < 1.29 is 9.18 Å². The maximum absolute atomic E-state index is 12.7. The lowest BCUT2D eigenvalue weighted by Gasteiger charge is -2.04. The number of nitrogens with one attached hydrogen (secondary N) is 1. The summed E-state index contributed by atoms with van der Waals surface area (Å²) in [6, 6.07) is 6.01. The molecular weight excluding hydrogens is 193 g/mol. The Morgan fingerprint density at radius 3 is 2.33 bits per heavy atom. The molecule has 0 bridgehead atoms. The number of rotatable bonds is 1. The van der Waals surface area contributed by atoms with E-state index in [1.54, 1.807) is 19.1 Å². The van der Waals surface area contributed by atoms with E-state index >= 15 is 0 Å². The largest absolute Gasteiger partial charge is 0.322 e. The molecule has 0 radical (unpaired) electrons. The van der Waals surface area contributed by atoms with Crippen LogP contribution in [0.15, 0.2) is 42.1 Å². The fourth-order valence-corrected chi connectivity index (χ4v) is 1.64. The number of halogens is 1. The lowest BCUT2D eigenvalue weighted by Crippen LogP contribution is -2.14. The van der Waals surface area contributed by atoms with E-state index in [9.17, 15) is 9.18 Å². The molecule has 1 aliphatic heterocycles. The SMILES string of the molecule is C=C1NC(=O)C(C)=C1c1ccc(F)cc1. The summed E-state index contributed by atoms with van der Waals surface area (Å²) >= 11 is 0. The minimum absolute atomic E-state index is 0.140. The Morgan fingerprint density at radius 1 is 1.27 bits per heavy atom. The molecule has 0 aliphatic carbocycles. The Bertz CT molecular complexity index is 471. The van der Waals surface area contributed by atoms with Gasteiger partial charge in [0.15, 0.2) is 0 Å². The first-order valence-corrected chi connectivity index (χ1v) is 4.57. The minimum atomic E-state index is -0.292. The zero-order chi connectivity index (χ0) is 11.0. The number of carbonyl (C=O) groups is 1. The van der Waals surface area contributed by atoms with E-state index in [0.717, 1.165) is 11.1 Å². The lowest BCUT2D eigenvalue weighted by atomic mass is 10.0. The first kappa shape index (κ1) is 9.65. The van der Waals surface area contributed by atoms with Gasteiger partial charge in [0.1, 0.15) is 5.82 Å². The molecule has 0 spiro atoms. The molecule has 2 rings (SSSR count). The van der Waals surface area contributed by atoms with E-state index in [1.807, 2.05) is 0 Å². The van der Waals surface area contributed by atoms with E-state index in [1.165, 1.54) is 12.1 Å². The maximum atomic E-state index is 12.7. The molecule has 0 aromatic heterocycles. The van der Waals surface area contributed by atoms with Crippen LogP contribution in [0.25, 0.3) is 5.57 Å². The van der Waals surface area contributed by atoms with Gasteiger partial charge in [0.05, 0.1) is 0 Å². The predicted octanol–water partition coefficient (Wildman–Crippen LogP) is 2.24. The van der Waals surface area contributed by atoms with Crippen LogP contribution < -0.4 is 5.32 Å². The first-order chi connectivity index (χ1) is 7.09. The van der Waals surface area contributed by atoms with Crippen molar-refractivity contribution in [1.29, 1.82) is 0 Å². The van der Waals surface area contributed by atoms with Crippen LogP contribution in [0.2, 0.25) is 0 Å². The summed E-state index contributed by atoms with van der Waals surface area (Å²) < 4.78 is 12.7. The molecule has 1 N–H and O–H groups in total. The predicted molar refractivity (Wildman–Crippen MR) is 56.3 cm³/mol. The highest BCUT2D eigenvalue weighted by Gasteiger charge is 2.23. The maximum Gasteiger partial charge on any atom is 0.251 e. The van der Waals surface area contributed by atoms with E-state index in [-0.39, 0.29) is 11.7 Å². The van der Waals surface area contributed by atoms with Crippen LogP contribution >= 0.6 is 0 Å². The number of hydrogen-bond acceptors (Lipinski definition) is 1. The Morgan fingerprint density at radius 2 is 1.87 bits per heavy atom. The highest BCUT2D eigenvalue weighted by molar-refractivity contribution is 6.10. The Hall–Kier alpha value is -1.90. The molecule has 0 unspecified atom stereocenters. The topological polar surface area (TPSA) is 29.1 Å². The second-order valence-corrected chi connectivity index (χ2v) is 3.44. The van der Waals surface area contributed by atoms with Gasteiger partial charge in [-0.25, -0.2) is 4.39 Å². The van der Waals surface area contributed by atoms with Crippen molar-refractivity contribution in [3.05, 3.63) is 53.5 Å². The van der Waals surface area contributed by atoms with Crippen molar-refractivity contribution in [2.24, 2.45) is 0 Å². The van der Waals surface area contributed by atoms with Gasteiger partial charge in [-0.3, -0.25) is 4.79 Å². The summed E-state index contributed by atoms with van der Waals surface area (Å²) in [4.78, 5) is 11.3. The summed E-state index contributed by atoms with van der Waals surface area (Å²) in [6.07, 6.45) is 0. The van der Waals surface area contributed by atoms with Gasteiger partial charge in [0.2, 0.25) is 0 Å². The average Bonchev–Trinajstić information content (AvgIpc) is 2.44. The molecule has 0 fully saturated rings. The summed E-state index contributed by atoms with van der Waals surface area (Å²) in [6.45, 7) is 5.48. The molecule has 3 heteroatoms. The van der Waals surface area contributed by atoms with Crippen LogP contribution in [0.3, 0.4) is 0 Å². The van der Waals surface area contributed by atoms with Crippen LogP contribution in [0.1, 0.15) is 12.5 Å². The van der Waals surface area contributed by atoms with Crippen LogP contribution in [0.4, 0.5) is 4.39 Å². The number of allylic oxidation sites excluding steroid dienone is 1. The molecular formula is C12H10FNO. The van der Waals surface area contributed by atoms with Crippen molar-refractivity contribution in [3.63, 3.8) is 0 Å². The minimum Gasteiger partial charge on any atom is -0.322 e. The highest BCUT2D eigenvalue weighted by atomic mass is 19.1. The third-order valence-electron chi connectivity index (χ3n) is 2.41. The zero-order valence-corrected chi connectivity index (χ0v) is 8.30. The second-order valence-electron chi connectivity index (χ2n) is 3.44. The molecule has 1 amide bonds. The number of carbonyl (C=O) groups excluding carboxylic acids is 1. The fraction of sp³-hybridized carbons (Fsp3) is 0.0833. The van der Waals surface area contributed by atoms with Crippen molar-refractivity contribution in [3.8, 4) is 0 Å². The number of benzene rings is 1. The van der Waals surface area contributed by atoms with Gasteiger partial charge < -0.3 is 5.32 Å². The third-order valence-corrected chi connectivity index (χ3v) is 2.41. The van der Waals surface area contributed by atoms with Crippen LogP contribution in [-0.2, 0) is 4.79 Å². The normalized spacial score (nSPS) is 15.9. The smallest absolute Gasteiger partial charge is 0.251 e. The van der Waals surface area contributed by atoms with Crippen molar-refractivity contribution in [2.75, 3.05) is 0 Å². The van der Waals surface area contributed by atoms with Gasteiger partial charge in [0, 0.05) is 16.8 Å². The molecule has 1 aliphatic rings. The number of amides is 1. The van der Waals surface area contributed by atoms with Gasteiger partial charge in [-0.2, -0.15) is 0 Å². The highest BCUT2D eigenvalue weighted by Crippen LogP contribution is 2.28. The molecule has 0 saturated carbocycles. The van der Waals surface area contributed by atoms with Gasteiger partial charge >= 0.3 is 0 Å². The molecule has 0 atom stereocenters. The van der Waals surface area contributed by atoms with Crippen molar-refractivity contribution >= 4 is 11.5 Å². The van der Waals surface area contributed by atoms with E-state index in [2.05, 4.69) is 11.9 Å². The Kier molecular flexibility index (Phi) is 2.15. The Balaban J connectivity index is 2.51. The van der Waals surface area contributed by atoms with E-state index < -0.39 is 0 Å². The summed E-state index contributed by atoms with van der Waals surface area (Å²) in [5.41, 5.74) is 2.76. The monoisotopic (exact) mass is 203 g/mol. The van der Waals surface area contributed by atoms with Gasteiger partial charge in [0.25, 0.3) is 5.91 Å². The van der Waals surface area contributed by atoms with E-state index in [0.29, 0.717) is 11.3 Å².